The minimum Gasteiger partial charge on any atom is -0.492 e. The number of hydrogen-bond acceptors (Lipinski definition) is 5. The van der Waals surface area contributed by atoms with Crippen LogP contribution in [-0.2, 0) is 54.8 Å². The van der Waals surface area contributed by atoms with Gasteiger partial charge in [-0.05, 0) is 80.8 Å². The minimum absolute atomic E-state index is 0.0794. The van der Waals surface area contributed by atoms with Crippen molar-refractivity contribution in [1.82, 2.24) is 9.78 Å². The highest BCUT2D eigenvalue weighted by Gasteiger charge is 2.39. The summed E-state index contributed by atoms with van der Waals surface area (Å²) < 4.78 is 40.8. The van der Waals surface area contributed by atoms with Crippen molar-refractivity contribution in [3.8, 4) is 11.6 Å². The lowest BCUT2D eigenvalue weighted by molar-refractivity contribution is 0.0434. The molecule has 2 aliphatic heterocycles. The number of halogens is 2. The van der Waals surface area contributed by atoms with E-state index in [9.17, 15) is 8.78 Å². The highest BCUT2D eigenvalue weighted by atomic mass is 32.1. The van der Waals surface area contributed by atoms with Gasteiger partial charge >= 0.3 is 6.55 Å². The summed E-state index contributed by atoms with van der Waals surface area (Å²) in [5, 5.41) is 4.46. The van der Waals surface area contributed by atoms with Crippen LogP contribution >= 0.6 is 22.7 Å². The first-order chi connectivity index (χ1) is 19.8. The molecule has 0 saturated heterocycles. The van der Waals surface area contributed by atoms with Gasteiger partial charge in [-0.3, -0.25) is 0 Å². The monoisotopic (exact) mass is 616 g/mol. The van der Waals surface area contributed by atoms with Crippen LogP contribution in [0.15, 0.2) is 0 Å². The first-order valence-electron chi connectivity index (χ1n) is 15.7. The molecule has 0 spiro atoms. The van der Waals surface area contributed by atoms with Crippen molar-refractivity contribution in [3.63, 3.8) is 0 Å². The second-order valence-corrected chi connectivity index (χ2v) is 17.0. The van der Waals surface area contributed by atoms with Crippen LogP contribution in [0.4, 0.5) is 8.78 Å². The van der Waals surface area contributed by atoms with Crippen molar-refractivity contribution in [2.75, 3.05) is 13.2 Å². The van der Waals surface area contributed by atoms with Gasteiger partial charge in [0.1, 0.15) is 5.75 Å². The molecule has 4 nitrogen and oxygen atoms in total. The Balaban J connectivity index is 1.36. The molecular weight excluding hydrogens is 571 g/mol. The van der Waals surface area contributed by atoms with Gasteiger partial charge in [-0.15, -0.1) is 22.7 Å². The lowest BCUT2D eigenvalue weighted by atomic mass is 9.80. The zero-order chi connectivity index (χ0) is 30.0. The van der Waals surface area contributed by atoms with Crippen LogP contribution < -0.4 is 9.47 Å². The van der Waals surface area contributed by atoms with E-state index >= 15 is 0 Å². The first kappa shape index (κ1) is 30.1. The molecule has 3 aromatic rings. The third kappa shape index (κ3) is 5.33. The smallest absolute Gasteiger partial charge is 0.336 e. The lowest BCUT2D eigenvalue weighted by Gasteiger charge is -2.27. The van der Waals surface area contributed by atoms with Crippen molar-refractivity contribution in [1.29, 1.82) is 0 Å². The number of thiophene rings is 2. The Hall–Kier alpha value is -1.93. The Morgan fingerprint density at radius 2 is 1.29 bits per heavy atom. The van der Waals surface area contributed by atoms with Gasteiger partial charge in [0.05, 0.1) is 23.8 Å². The highest BCUT2D eigenvalue weighted by Crippen LogP contribution is 2.50. The van der Waals surface area contributed by atoms with Gasteiger partial charge in [-0.25, -0.2) is 0 Å². The lowest BCUT2D eigenvalue weighted by Crippen LogP contribution is -2.24. The van der Waals surface area contributed by atoms with Crippen LogP contribution in [0.25, 0.3) is 0 Å². The molecule has 0 N–H and O–H groups in total. The Kier molecular flexibility index (Phi) is 7.82. The number of rotatable bonds is 7. The van der Waals surface area contributed by atoms with E-state index in [0.29, 0.717) is 6.61 Å². The van der Waals surface area contributed by atoms with E-state index in [1.54, 1.807) is 20.9 Å². The van der Waals surface area contributed by atoms with Crippen LogP contribution in [0.2, 0.25) is 0 Å². The summed E-state index contributed by atoms with van der Waals surface area (Å²) in [6, 6.07) is 0. The van der Waals surface area contributed by atoms with E-state index in [0.717, 1.165) is 66.8 Å². The number of ether oxygens (including phenoxy) is 2. The zero-order valence-corrected chi connectivity index (χ0v) is 28.0. The van der Waals surface area contributed by atoms with Gasteiger partial charge in [0, 0.05) is 36.6 Å². The van der Waals surface area contributed by atoms with Crippen molar-refractivity contribution in [2.45, 2.75) is 135 Å². The summed E-state index contributed by atoms with van der Waals surface area (Å²) >= 11 is 3.94. The van der Waals surface area contributed by atoms with Gasteiger partial charge in [0.2, 0.25) is 5.88 Å². The molecule has 0 aromatic carbocycles. The predicted octanol–water partition coefficient (Wildman–Crippen LogP) is 9.27. The summed E-state index contributed by atoms with van der Waals surface area (Å²) in [5.41, 5.74) is 5.85. The second-order valence-electron chi connectivity index (χ2n) is 14.8. The summed E-state index contributed by atoms with van der Waals surface area (Å²) in [6.45, 7) is 14.6. The van der Waals surface area contributed by atoms with Gasteiger partial charge in [-0.2, -0.15) is 18.6 Å². The number of fused-ring (bicyclic) bond motifs is 3. The molecule has 0 atom stereocenters. The Bertz CT molecular complexity index is 1470. The average molecular weight is 617 g/mol. The summed E-state index contributed by atoms with van der Waals surface area (Å²) in [4.78, 5) is 5.79. The van der Waals surface area contributed by atoms with Crippen LogP contribution in [0, 0.1) is 0 Å². The van der Waals surface area contributed by atoms with E-state index in [-0.39, 0.29) is 16.7 Å². The number of alkyl halides is 2. The largest absolute Gasteiger partial charge is 0.492 e. The predicted molar refractivity (Wildman–Crippen MR) is 169 cm³/mol. The Morgan fingerprint density at radius 1 is 0.714 bits per heavy atom. The standard InChI is InChI=1S/C34H46F2N2O2S2/c1-32(2,3)28-21-13-9-8-12-20(21)24(41-28)19-34(6,7)29-26-22(14-10-16-39-26)25(42-29)18-33(4,5)27-23-15-11-17-40-30(23)38(37-27)31(35)36/h31H,8-19H2,1-7H3. The van der Waals surface area contributed by atoms with Crippen molar-refractivity contribution in [3.05, 3.63) is 47.5 Å². The van der Waals surface area contributed by atoms with E-state index in [1.165, 1.54) is 41.0 Å². The molecule has 0 fully saturated rings. The average Bonchev–Trinajstić information content (AvgIpc) is 3.61. The van der Waals surface area contributed by atoms with Crippen LogP contribution in [-0.4, -0.2) is 23.0 Å². The molecule has 0 saturated carbocycles. The SMILES string of the molecule is CC(C)(C)c1sc(CC(C)(C)c2sc(CC(C)(C)c3nn(C(F)F)c4c3CCCO4)c3c2OCCC3)c2c1CCCC2. The Labute approximate surface area is 257 Å². The van der Waals surface area contributed by atoms with Crippen molar-refractivity contribution >= 4 is 22.7 Å². The van der Waals surface area contributed by atoms with Gasteiger partial charge in [0.25, 0.3) is 0 Å². The summed E-state index contributed by atoms with van der Waals surface area (Å²) in [5.74, 6) is 1.35. The highest BCUT2D eigenvalue weighted by molar-refractivity contribution is 7.13. The fourth-order valence-corrected chi connectivity index (χ4v) is 10.6. The quantitative estimate of drug-likeness (QED) is 0.265. The molecule has 0 bridgehead atoms. The third-order valence-corrected chi connectivity index (χ3v) is 12.5. The number of aromatic nitrogens is 2. The maximum absolute atomic E-state index is 13.9. The molecule has 5 heterocycles. The number of nitrogens with zero attached hydrogens (tertiary/aromatic N) is 2. The molecule has 42 heavy (non-hydrogen) atoms. The third-order valence-electron chi connectivity index (χ3n) is 9.26. The van der Waals surface area contributed by atoms with Crippen molar-refractivity contribution < 1.29 is 18.3 Å². The fraction of sp³-hybridized carbons (Fsp3) is 0.676. The molecular formula is C34H46F2N2O2S2. The first-order valence-corrected chi connectivity index (χ1v) is 17.4. The molecule has 0 unspecified atom stereocenters. The van der Waals surface area contributed by atoms with Gasteiger partial charge in [-0.1, -0.05) is 48.5 Å². The topological polar surface area (TPSA) is 36.3 Å². The van der Waals surface area contributed by atoms with Crippen LogP contribution in [0.3, 0.4) is 0 Å². The normalized spacial score (nSPS) is 17.5. The van der Waals surface area contributed by atoms with Gasteiger partial charge < -0.3 is 9.47 Å². The van der Waals surface area contributed by atoms with Crippen LogP contribution in [0.5, 0.6) is 11.6 Å². The maximum Gasteiger partial charge on any atom is 0.336 e. The molecule has 0 radical (unpaired) electrons. The van der Waals surface area contributed by atoms with E-state index in [2.05, 4.69) is 64.9 Å². The molecule has 3 aromatic heterocycles. The van der Waals surface area contributed by atoms with E-state index < -0.39 is 12.0 Å². The van der Waals surface area contributed by atoms with Gasteiger partial charge in [0.15, 0.2) is 0 Å². The van der Waals surface area contributed by atoms with Crippen molar-refractivity contribution in [2.24, 2.45) is 0 Å². The summed E-state index contributed by atoms with van der Waals surface area (Å²) in [6.07, 6.45) is 10.3. The molecule has 230 valence electrons. The van der Waals surface area contributed by atoms with Crippen LogP contribution in [0.1, 0.15) is 128 Å². The molecule has 8 heteroatoms. The minimum atomic E-state index is -2.71. The number of hydrogen-bond donors (Lipinski definition) is 0. The maximum atomic E-state index is 13.9. The van der Waals surface area contributed by atoms with E-state index in [1.807, 2.05) is 11.3 Å². The summed E-state index contributed by atoms with van der Waals surface area (Å²) in [7, 11) is 0. The zero-order valence-electron chi connectivity index (χ0n) is 26.3. The second kappa shape index (κ2) is 10.9. The fourth-order valence-electron chi connectivity index (χ4n) is 7.26. The molecule has 1 aliphatic carbocycles. The molecule has 6 rings (SSSR count). The Morgan fingerprint density at radius 3 is 1.98 bits per heavy atom. The molecule has 0 amide bonds. The molecule has 3 aliphatic rings. The van der Waals surface area contributed by atoms with E-state index in [4.69, 9.17) is 9.47 Å².